The van der Waals surface area contributed by atoms with Gasteiger partial charge in [-0.2, -0.15) is 0 Å². The first-order valence-electron chi connectivity index (χ1n) is 14.7. The fourth-order valence-corrected chi connectivity index (χ4v) is 5.20. The Morgan fingerprint density at radius 3 is 1.28 bits per heavy atom. The average molecular weight is 632 g/mol. The number of ketones is 4. The van der Waals surface area contributed by atoms with Crippen molar-refractivity contribution in [1.82, 2.24) is 24.9 Å². The fourth-order valence-electron chi connectivity index (χ4n) is 3.86. The normalized spacial score (nSPS) is 12.3. The number of hydrogen-bond acceptors (Lipinski definition) is 8. The summed E-state index contributed by atoms with van der Waals surface area (Å²) in [5, 5.41) is 5.15. The second kappa shape index (κ2) is 21.8. The van der Waals surface area contributed by atoms with Gasteiger partial charge < -0.3 is 20.0 Å². The average Bonchev–Trinajstić information content (AvgIpc) is 2.90. The highest BCUT2D eigenvalue weighted by Gasteiger charge is 2.30. The molecule has 3 amide bonds. The van der Waals surface area contributed by atoms with Crippen molar-refractivity contribution in [3.63, 3.8) is 0 Å². The summed E-state index contributed by atoms with van der Waals surface area (Å²) in [6, 6.07) is 0. The van der Waals surface area contributed by atoms with E-state index in [9.17, 15) is 43.0 Å². The molecule has 3 N–H and O–H groups in total. The topological polar surface area (TPSA) is 191 Å². The molecule has 0 aromatic carbocycles. The van der Waals surface area contributed by atoms with Gasteiger partial charge in [-0.25, -0.2) is 9.76 Å². The summed E-state index contributed by atoms with van der Waals surface area (Å²) in [5.41, 5.74) is 0. The fraction of sp³-hybridized carbons (Fsp3) is 0.750. The maximum atomic E-state index is 13.3. The van der Waals surface area contributed by atoms with Crippen molar-refractivity contribution in [2.24, 2.45) is 0 Å². The van der Waals surface area contributed by atoms with Gasteiger partial charge in [0.15, 0.2) is 0 Å². The number of nitrogens with one attached hydrogen (secondary N) is 2. The summed E-state index contributed by atoms with van der Waals surface area (Å²) < 4.78 is 14.4. The van der Waals surface area contributed by atoms with E-state index in [4.69, 9.17) is 0 Å². The molecular weight excluding hydrogens is 581 g/mol. The highest BCUT2D eigenvalue weighted by molar-refractivity contribution is 7.53. The highest BCUT2D eigenvalue weighted by atomic mass is 31.2. The summed E-state index contributed by atoms with van der Waals surface area (Å²) in [6.45, 7) is 7.44. The van der Waals surface area contributed by atoms with Crippen molar-refractivity contribution >= 4 is 48.5 Å². The molecule has 0 aliphatic rings. The van der Waals surface area contributed by atoms with Crippen molar-refractivity contribution in [3.05, 3.63) is 0 Å². The molecule has 14 nitrogen and oxygen atoms in total. The molecule has 0 aromatic heterocycles. The minimum atomic E-state index is -4.30. The molecule has 0 fully saturated rings. The predicted molar refractivity (Wildman–Crippen MR) is 161 cm³/mol. The molecule has 1 atom stereocenters. The molecule has 0 aliphatic carbocycles. The Morgan fingerprint density at radius 2 is 0.953 bits per heavy atom. The Balaban J connectivity index is 5.67. The maximum Gasteiger partial charge on any atom is 0.340 e. The largest absolute Gasteiger partial charge is 0.355 e. The van der Waals surface area contributed by atoms with E-state index in [1.165, 1.54) is 37.5 Å². The minimum absolute atomic E-state index is 0.0473. The Hall–Kier alpha value is -2.80. The summed E-state index contributed by atoms with van der Waals surface area (Å²) in [7, 11) is -4.30. The summed E-state index contributed by atoms with van der Waals surface area (Å²) in [5.74, 6) is -1.56. The maximum absolute atomic E-state index is 13.3. The van der Waals surface area contributed by atoms with Crippen LogP contribution >= 0.6 is 7.67 Å². The van der Waals surface area contributed by atoms with Crippen LogP contribution in [0.5, 0.6) is 0 Å². The first-order chi connectivity index (χ1) is 20.1. The number of carbonyl (C=O) groups is 7. The zero-order valence-electron chi connectivity index (χ0n) is 26.3. The first kappa shape index (κ1) is 40.2. The Bertz CT molecular complexity index is 929. The van der Waals surface area contributed by atoms with Gasteiger partial charge >= 0.3 is 7.67 Å². The highest BCUT2D eigenvalue weighted by Crippen LogP contribution is 2.40. The molecule has 0 radical (unpaired) electrons. The standard InChI is InChI=1S/C28H50N5O9P/c1-6-7-26(38)29-14-15-30-43(41,42)33(20-12-27(39)31(16-8-22(2)34)17-9-23(3)35)21-13-28(40)32(18-10-24(4)36)19-11-25(5)37/h6-21H2,1-5H3,(H,29,38)(H2,30,41,42). The van der Waals surface area contributed by atoms with Gasteiger partial charge in [-0.3, -0.25) is 38.1 Å². The van der Waals surface area contributed by atoms with E-state index < -0.39 is 19.5 Å². The first-order valence-corrected chi connectivity index (χ1v) is 16.3. The van der Waals surface area contributed by atoms with Crippen LogP contribution in [0.25, 0.3) is 0 Å². The second-order valence-electron chi connectivity index (χ2n) is 10.6. The van der Waals surface area contributed by atoms with E-state index in [-0.39, 0.29) is 120 Å². The lowest BCUT2D eigenvalue weighted by molar-refractivity contribution is -0.133. The lowest BCUT2D eigenvalue weighted by Gasteiger charge is -2.30. The molecule has 246 valence electrons. The summed E-state index contributed by atoms with van der Waals surface area (Å²) in [6.07, 6.45) is 0.928. The molecule has 0 saturated carbocycles. The molecule has 0 aromatic rings. The van der Waals surface area contributed by atoms with Crippen LogP contribution in [0.15, 0.2) is 0 Å². The van der Waals surface area contributed by atoms with Crippen molar-refractivity contribution in [1.29, 1.82) is 0 Å². The van der Waals surface area contributed by atoms with Crippen molar-refractivity contribution in [2.45, 2.75) is 86.0 Å². The van der Waals surface area contributed by atoms with E-state index in [0.29, 0.717) is 12.8 Å². The van der Waals surface area contributed by atoms with Crippen LogP contribution in [-0.4, -0.2) is 113 Å². The molecular formula is C28H50N5O9P. The SMILES string of the molecule is CCCC(=O)NCCNP(=O)(O)N(CCC(=O)N(CCC(C)=O)CCC(C)=O)CCC(=O)N(CCC(C)=O)CCC(C)=O. The van der Waals surface area contributed by atoms with Crippen molar-refractivity contribution in [3.8, 4) is 0 Å². The molecule has 1 unspecified atom stereocenters. The molecule has 0 saturated heterocycles. The lowest BCUT2D eigenvalue weighted by Crippen LogP contribution is -2.40. The third-order valence-corrected chi connectivity index (χ3v) is 8.24. The molecule has 0 bridgehead atoms. The van der Waals surface area contributed by atoms with Crippen molar-refractivity contribution < 1.29 is 43.0 Å². The van der Waals surface area contributed by atoms with E-state index in [1.807, 2.05) is 6.92 Å². The number of nitrogens with zero attached hydrogens (tertiary/aromatic N) is 3. The Morgan fingerprint density at radius 1 is 0.581 bits per heavy atom. The zero-order chi connectivity index (χ0) is 33.0. The summed E-state index contributed by atoms with van der Waals surface area (Å²) in [4.78, 5) is 97.4. The number of carbonyl (C=O) groups excluding carboxylic acids is 7. The molecule has 0 rings (SSSR count). The molecule has 0 heterocycles. The van der Waals surface area contributed by atoms with Gasteiger partial charge in [0, 0.05) is 97.3 Å². The van der Waals surface area contributed by atoms with E-state index in [2.05, 4.69) is 10.4 Å². The van der Waals surface area contributed by atoms with Gasteiger partial charge in [-0.1, -0.05) is 6.92 Å². The van der Waals surface area contributed by atoms with Crippen LogP contribution in [-0.2, 0) is 38.1 Å². The van der Waals surface area contributed by atoms with Crippen LogP contribution in [0.2, 0.25) is 0 Å². The van der Waals surface area contributed by atoms with Crippen LogP contribution < -0.4 is 10.4 Å². The molecule has 15 heteroatoms. The zero-order valence-corrected chi connectivity index (χ0v) is 27.2. The predicted octanol–water partition coefficient (Wildman–Crippen LogP) is 1.25. The van der Waals surface area contributed by atoms with Crippen LogP contribution in [0.1, 0.15) is 86.0 Å². The van der Waals surface area contributed by atoms with Gasteiger partial charge in [0.25, 0.3) is 0 Å². The van der Waals surface area contributed by atoms with Crippen molar-refractivity contribution in [2.75, 3.05) is 52.4 Å². The molecule has 43 heavy (non-hydrogen) atoms. The molecule has 0 spiro atoms. The third kappa shape index (κ3) is 19.9. The van der Waals surface area contributed by atoms with Gasteiger partial charge in [0.1, 0.15) is 23.1 Å². The van der Waals surface area contributed by atoms with Crippen LogP contribution in [0.4, 0.5) is 0 Å². The van der Waals surface area contributed by atoms with Crippen LogP contribution in [0, 0.1) is 0 Å². The van der Waals surface area contributed by atoms with Gasteiger partial charge in [-0.05, 0) is 34.1 Å². The van der Waals surface area contributed by atoms with E-state index >= 15 is 0 Å². The number of rotatable bonds is 25. The third-order valence-electron chi connectivity index (χ3n) is 6.43. The van der Waals surface area contributed by atoms with E-state index in [1.54, 1.807) is 0 Å². The monoisotopic (exact) mass is 631 g/mol. The van der Waals surface area contributed by atoms with Crippen LogP contribution in [0.3, 0.4) is 0 Å². The number of Topliss-reactive ketones (excluding diaryl/α,β-unsaturated/α-hetero) is 4. The minimum Gasteiger partial charge on any atom is -0.355 e. The second-order valence-corrected chi connectivity index (χ2v) is 12.5. The van der Waals surface area contributed by atoms with Gasteiger partial charge in [0.2, 0.25) is 17.7 Å². The molecule has 0 aliphatic heterocycles. The van der Waals surface area contributed by atoms with Gasteiger partial charge in [0.05, 0.1) is 0 Å². The quantitative estimate of drug-likeness (QED) is 0.0971. The number of amides is 3. The van der Waals surface area contributed by atoms with Gasteiger partial charge in [-0.15, -0.1) is 0 Å². The summed E-state index contributed by atoms with van der Waals surface area (Å²) >= 11 is 0. The smallest absolute Gasteiger partial charge is 0.340 e. The Kier molecular flexibility index (Phi) is 20.4. The lowest BCUT2D eigenvalue weighted by atomic mass is 10.2. The number of hydrogen-bond donors (Lipinski definition) is 3. The Labute approximate surface area is 254 Å². The van der Waals surface area contributed by atoms with E-state index in [0.717, 1.165) is 4.67 Å².